The van der Waals surface area contributed by atoms with Gasteiger partial charge in [0.2, 0.25) is 11.9 Å². The first kappa shape index (κ1) is 18.4. The summed E-state index contributed by atoms with van der Waals surface area (Å²) < 4.78 is 15.5. The van der Waals surface area contributed by atoms with Crippen molar-refractivity contribution in [3.05, 3.63) is 65.0 Å². The minimum atomic E-state index is 0.325. The highest BCUT2D eigenvalue weighted by Crippen LogP contribution is 2.33. The van der Waals surface area contributed by atoms with Crippen molar-refractivity contribution >= 4 is 16.7 Å². The van der Waals surface area contributed by atoms with Gasteiger partial charge in [-0.05, 0) is 30.2 Å². The molecule has 2 aromatic carbocycles. The van der Waals surface area contributed by atoms with E-state index in [0.717, 1.165) is 61.6 Å². The van der Waals surface area contributed by atoms with Gasteiger partial charge in [0.1, 0.15) is 5.82 Å². The molecule has 0 radical (unpaired) electrons. The molecule has 0 atom stereocenters. The molecule has 3 heterocycles. The van der Waals surface area contributed by atoms with Crippen LogP contribution in [-0.2, 0) is 13.0 Å². The zero-order chi connectivity index (χ0) is 19.6. The van der Waals surface area contributed by atoms with E-state index < -0.39 is 0 Å². The molecule has 150 valence electrons. The highest BCUT2D eigenvalue weighted by atomic mass is 32.1. The van der Waals surface area contributed by atoms with Gasteiger partial charge in [-0.25, -0.2) is 4.98 Å². The topological polar surface area (TPSA) is 50.7 Å². The molecule has 0 spiro atoms. The summed E-state index contributed by atoms with van der Waals surface area (Å²) in [6, 6.07) is 14.8. The van der Waals surface area contributed by atoms with Gasteiger partial charge in [0.25, 0.3) is 0 Å². The summed E-state index contributed by atoms with van der Waals surface area (Å²) in [6.45, 7) is 7.34. The van der Waals surface area contributed by atoms with E-state index >= 15 is 0 Å². The summed E-state index contributed by atoms with van der Waals surface area (Å²) in [4.78, 5) is 9.61. The van der Waals surface area contributed by atoms with E-state index in [9.17, 15) is 0 Å². The third-order valence-electron chi connectivity index (χ3n) is 5.43. The van der Waals surface area contributed by atoms with Gasteiger partial charge in [-0.3, -0.25) is 4.90 Å². The number of piperazine rings is 1. The normalized spacial score (nSPS) is 16.4. The monoisotopic (exact) mass is 408 g/mol. The van der Waals surface area contributed by atoms with Crippen LogP contribution in [0.15, 0.2) is 42.5 Å². The van der Waals surface area contributed by atoms with Crippen molar-refractivity contribution in [1.82, 2.24) is 14.3 Å². The Kier molecular flexibility index (Phi) is 5.08. The minimum absolute atomic E-state index is 0.325. The molecule has 1 fully saturated rings. The fourth-order valence-corrected chi connectivity index (χ4v) is 4.46. The van der Waals surface area contributed by atoms with Crippen LogP contribution in [0.5, 0.6) is 11.5 Å². The van der Waals surface area contributed by atoms with E-state index in [1.165, 1.54) is 28.2 Å². The van der Waals surface area contributed by atoms with E-state index in [2.05, 4.69) is 57.5 Å². The maximum atomic E-state index is 5.49. The molecule has 5 rings (SSSR count). The molecule has 0 saturated carbocycles. The molecule has 6 nitrogen and oxygen atoms in total. The van der Waals surface area contributed by atoms with Crippen LogP contribution in [0.25, 0.3) is 0 Å². The van der Waals surface area contributed by atoms with Gasteiger partial charge in [-0.15, -0.1) is 0 Å². The van der Waals surface area contributed by atoms with Crippen LogP contribution in [0.3, 0.4) is 0 Å². The number of fused-ring (bicyclic) bond motifs is 1. The van der Waals surface area contributed by atoms with Crippen molar-refractivity contribution in [1.29, 1.82) is 0 Å². The Balaban J connectivity index is 1.16. The maximum Gasteiger partial charge on any atom is 0.231 e. The van der Waals surface area contributed by atoms with Crippen molar-refractivity contribution in [2.24, 2.45) is 0 Å². The largest absolute Gasteiger partial charge is 0.454 e. The van der Waals surface area contributed by atoms with Crippen molar-refractivity contribution in [3.63, 3.8) is 0 Å². The molecule has 0 amide bonds. The first-order valence-electron chi connectivity index (χ1n) is 9.97. The lowest BCUT2D eigenvalue weighted by molar-refractivity contribution is 0.174. The molecule has 1 saturated heterocycles. The second kappa shape index (κ2) is 8.00. The van der Waals surface area contributed by atoms with Crippen LogP contribution in [-0.4, -0.2) is 47.2 Å². The van der Waals surface area contributed by atoms with Crippen LogP contribution in [0.2, 0.25) is 0 Å². The fourth-order valence-electron chi connectivity index (χ4n) is 3.73. The summed E-state index contributed by atoms with van der Waals surface area (Å²) in [7, 11) is 0. The summed E-state index contributed by atoms with van der Waals surface area (Å²) >= 11 is 1.51. The number of hydrogen-bond acceptors (Lipinski definition) is 7. The standard InChI is InChI=1S/C22H24N4O2S/c1-16-2-4-17(5-3-16)13-21-23-22(29-24-21)26-10-8-25(9-11-26)14-18-6-7-19-20(12-18)28-15-27-19/h2-7,12H,8-11,13-15H2,1H3. The Morgan fingerprint density at radius 3 is 2.52 bits per heavy atom. The van der Waals surface area contributed by atoms with Gasteiger partial charge in [-0.1, -0.05) is 35.9 Å². The van der Waals surface area contributed by atoms with Gasteiger partial charge in [0.15, 0.2) is 11.5 Å². The minimum Gasteiger partial charge on any atom is -0.454 e. The Morgan fingerprint density at radius 2 is 1.69 bits per heavy atom. The molecule has 0 bridgehead atoms. The lowest BCUT2D eigenvalue weighted by Crippen LogP contribution is -2.45. The van der Waals surface area contributed by atoms with Crippen LogP contribution in [0, 0.1) is 6.92 Å². The second-order valence-electron chi connectivity index (χ2n) is 7.61. The number of hydrogen-bond donors (Lipinski definition) is 0. The number of rotatable bonds is 5. The number of nitrogens with zero attached hydrogens (tertiary/aromatic N) is 4. The molecule has 3 aromatic rings. The lowest BCUT2D eigenvalue weighted by atomic mass is 10.1. The molecular formula is C22H24N4O2S. The molecule has 0 aliphatic carbocycles. The van der Waals surface area contributed by atoms with Crippen LogP contribution < -0.4 is 14.4 Å². The number of benzene rings is 2. The van der Waals surface area contributed by atoms with Gasteiger partial charge < -0.3 is 14.4 Å². The Labute approximate surface area is 174 Å². The average molecular weight is 409 g/mol. The molecule has 29 heavy (non-hydrogen) atoms. The van der Waals surface area contributed by atoms with Gasteiger partial charge >= 0.3 is 0 Å². The lowest BCUT2D eigenvalue weighted by Gasteiger charge is -2.34. The van der Waals surface area contributed by atoms with E-state index in [1.54, 1.807) is 0 Å². The summed E-state index contributed by atoms with van der Waals surface area (Å²) in [5, 5.41) is 1.04. The first-order valence-corrected chi connectivity index (χ1v) is 10.7. The second-order valence-corrected chi connectivity index (χ2v) is 8.34. The smallest absolute Gasteiger partial charge is 0.231 e. The predicted molar refractivity (Wildman–Crippen MR) is 114 cm³/mol. The quantitative estimate of drug-likeness (QED) is 0.644. The number of aryl methyl sites for hydroxylation is 1. The zero-order valence-electron chi connectivity index (χ0n) is 16.5. The van der Waals surface area contributed by atoms with Crippen LogP contribution in [0.1, 0.15) is 22.5 Å². The highest BCUT2D eigenvalue weighted by molar-refractivity contribution is 7.09. The molecule has 0 unspecified atom stereocenters. The predicted octanol–water partition coefficient (Wildman–Crippen LogP) is 3.49. The SMILES string of the molecule is Cc1ccc(Cc2nsc(N3CCN(Cc4ccc5c(c4)OCO5)CC3)n2)cc1. The van der Waals surface area contributed by atoms with E-state index in [1.807, 2.05) is 6.07 Å². The van der Waals surface area contributed by atoms with Crippen molar-refractivity contribution in [2.45, 2.75) is 19.9 Å². The third-order valence-corrected chi connectivity index (χ3v) is 6.24. The average Bonchev–Trinajstić information content (AvgIpc) is 3.39. The number of ether oxygens (including phenoxy) is 2. The summed E-state index contributed by atoms with van der Waals surface area (Å²) in [6.07, 6.45) is 0.793. The zero-order valence-corrected chi connectivity index (χ0v) is 17.3. The van der Waals surface area contributed by atoms with E-state index in [0.29, 0.717) is 6.79 Å². The Hall–Kier alpha value is -2.64. The van der Waals surface area contributed by atoms with Gasteiger partial charge in [-0.2, -0.15) is 4.37 Å². The molecule has 1 aromatic heterocycles. The molecule has 2 aliphatic heterocycles. The molecular weight excluding hydrogens is 384 g/mol. The van der Waals surface area contributed by atoms with Crippen molar-refractivity contribution < 1.29 is 9.47 Å². The van der Waals surface area contributed by atoms with Crippen molar-refractivity contribution in [2.75, 3.05) is 37.9 Å². The van der Waals surface area contributed by atoms with E-state index in [4.69, 9.17) is 14.5 Å². The Bertz CT molecular complexity index is 981. The number of anilines is 1. The summed E-state index contributed by atoms with van der Waals surface area (Å²) in [5.41, 5.74) is 3.80. The van der Waals surface area contributed by atoms with Gasteiger partial charge in [0, 0.05) is 50.7 Å². The highest BCUT2D eigenvalue weighted by Gasteiger charge is 2.21. The fraction of sp³-hybridized carbons (Fsp3) is 0.364. The van der Waals surface area contributed by atoms with Crippen molar-refractivity contribution in [3.8, 4) is 11.5 Å². The third kappa shape index (κ3) is 4.21. The first-order chi connectivity index (χ1) is 14.2. The Morgan fingerprint density at radius 1 is 0.931 bits per heavy atom. The summed E-state index contributed by atoms with van der Waals surface area (Å²) in [5.74, 6) is 2.61. The van der Waals surface area contributed by atoms with E-state index in [-0.39, 0.29) is 0 Å². The van der Waals surface area contributed by atoms with Gasteiger partial charge in [0.05, 0.1) is 0 Å². The number of aromatic nitrogens is 2. The van der Waals surface area contributed by atoms with Crippen LogP contribution >= 0.6 is 11.5 Å². The molecule has 7 heteroatoms. The van der Waals surface area contributed by atoms with Crippen LogP contribution in [0.4, 0.5) is 5.13 Å². The molecule has 0 N–H and O–H groups in total. The maximum absolute atomic E-state index is 5.49. The molecule has 2 aliphatic rings.